The van der Waals surface area contributed by atoms with E-state index in [1.54, 1.807) is 18.6 Å². The third-order valence-electron chi connectivity index (χ3n) is 2.94. The largest absolute Gasteiger partial charge is 0.261 e. The van der Waals surface area contributed by atoms with E-state index in [9.17, 15) is 0 Å². The van der Waals surface area contributed by atoms with Crippen LogP contribution in [-0.2, 0) is 11.8 Å². The Morgan fingerprint density at radius 1 is 1.22 bits per heavy atom. The van der Waals surface area contributed by atoms with Gasteiger partial charge >= 0.3 is 0 Å². The van der Waals surface area contributed by atoms with E-state index in [-0.39, 0.29) is 5.41 Å². The number of rotatable bonds is 1. The smallest absolute Gasteiger partial charge is 0.136 e. The van der Waals surface area contributed by atoms with Crippen LogP contribution in [0.2, 0.25) is 0 Å². The van der Waals surface area contributed by atoms with E-state index in [1.165, 1.54) is 0 Å². The fourth-order valence-corrected chi connectivity index (χ4v) is 1.88. The number of aromatic nitrogens is 4. The van der Waals surface area contributed by atoms with Gasteiger partial charge in [-0.1, -0.05) is 20.8 Å². The number of hydrogen-bond acceptors (Lipinski definition) is 4. The van der Waals surface area contributed by atoms with Crippen LogP contribution in [0.3, 0.4) is 0 Å². The number of fused-ring (bicyclic) bond motifs is 1. The van der Waals surface area contributed by atoms with Gasteiger partial charge in [0.1, 0.15) is 11.5 Å². The highest BCUT2D eigenvalue weighted by atomic mass is 15.4. The molecule has 0 amide bonds. The van der Waals surface area contributed by atoms with E-state index in [4.69, 9.17) is 0 Å². The van der Waals surface area contributed by atoms with E-state index in [0.29, 0.717) is 0 Å². The Bertz CT molecular complexity index is 604. The Morgan fingerprint density at radius 2 is 2.06 bits per heavy atom. The lowest BCUT2D eigenvalue weighted by Crippen LogP contribution is -2.12. The summed E-state index contributed by atoms with van der Waals surface area (Å²) in [4.78, 5) is 13.0. The van der Waals surface area contributed by atoms with Gasteiger partial charge in [-0.25, -0.2) is 9.66 Å². The second kappa shape index (κ2) is 3.73. The van der Waals surface area contributed by atoms with Crippen molar-refractivity contribution in [2.24, 2.45) is 5.10 Å². The molecular weight excluding hydrogens is 226 g/mol. The molecule has 0 spiro atoms. The summed E-state index contributed by atoms with van der Waals surface area (Å²) in [6.45, 7) is 6.45. The summed E-state index contributed by atoms with van der Waals surface area (Å²) >= 11 is 0. The lowest BCUT2D eigenvalue weighted by atomic mass is 9.93. The molecule has 18 heavy (non-hydrogen) atoms. The standard InChI is InChI=1S/C13H15N5/c1-13(2,3)11-8-18-12(16-11)6-9(17-18)10-7-14-4-5-15-10/h4-5,7-8H,6H2,1-3H3. The third-order valence-corrected chi connectivity index (χ3v) is 2.94. The molecule has 0 saturated carbocycles. The van der Waals surface area contributed by atoms with Crippen LogP contribution in [-0.4, -0.2) is 25.3 Å². The molecule has 92 valence electrons. The molecule has 2 aromatic heterocycles. The van der Waals surface area contributed by atoms with Gasteiger partial charge in [0.2, 0.25) is 0 Å². The zero-order valence-corrected chi connectivity index (χ0v) is 10.8. The first-order valence-corrected chi connectivity index (χ1v) is 5.97. The third kappa shape index (κ3) is 1.81. The van der Waals surface area contributed by atoms with Crippen molar-refractivity contribution in [1.29, 1.82) is 0 Å². The molecule has 0 saturated heterocycles. The quantitative estimate of drug-likeness (QED) is 0.764. The highest BCUT2D eigenvalue weighted by Gasteiger charge is 2.24. The highest BCUT2D eigenvalue weighted by molar-refractivity contribution is 6.00. The van der Waals surface area contributed by atoms with Crippen LogP contribution in [0.1, 0.15) is 38.0 Å². The van der Waals surface area contributed by atoms with Gasteiger partial charge in [-0.15, -0.1) is 0 Å². The summed E-state index contributed by atoms with van der Waals surface area (Å²) in [7, 11) is 0. The first-order valence-electron chi connectivity index (χ1n) is 5.97. The molecule has 5 heteroatoms. The lowest BCUT2D eigenvalue weighted by Gasteiger charge is -2.14. The van der Waals surface area contributed by atoms with Gasteiger partial charge in [0, 0.05) is 17.8 Å². The monoisotopic (exact) mass is 241 g/mol. The van der Waals surface area contributed by atoms with Crippen LogP contribution in [0.4, 0.5) is 0 Å². The summed E-state index contributed by atoms with van der Waals surface area (Å²) in [6.07, 6.45) is 7.79. The normalized spacial score (nSPS) is 14.5. The van der Waals surface area contributed by atoms with Crippen molar-refractivity contribution in [3.05, 3.63) is 42.0 Å². The summed E-state index contributed by atoms with van der Waals surface area (Å²) in [5, 5.41) is 4.52. The van der Waals surface area contributed by atoms with E-state index < -0.39 is 0 Å². The van der Waals surface area contributed by atoms with Crippen LogP contribution in [0.15, 0.2) is 29.9 Å². The van der Waals surface area contributed by atoms with Crippen LogP contribution in [0.25, 0.3) is 0 Å². The number of hydrogen-bond donors (Lipinski definition) is 0. The molecule has 1 aliphatic rings. The van der Waals surface area contributed by atoms with Crippen LogP contribution >= 0.6 is 0 Å². The molecule has 0 N–H and O–H groups in total. The minimum Gasteiger partial charge on any atom is -0.261 e. The van der Waals surface area contributed by atoms with Crippen LogP contribution < -0.4 is 0 Å². The van der Waals surface area contributed by atoms with Crippen molar-refractivity contribution in [2.75, 3.05) is 0 Å². The van der Waals surface area contributed by atoms with Crippen LogP contribution in [0, 0.1) is 0 Å². The fourth-order valence-electron chi connectivity index (χ4n) is 1.88. The lowest BCUT2D eigenvalue weighted by molar-refractivity contribution is 0.570. The molecule has 1 aliphatic heterocycles. The molecule has 0 fully saturated rings. The summed E-state index contributed by atoms with van der Waals surface area (Å²) in [5.74, 6) is 0.973. The Morgan fingerprint density at radius 3 is 2.67 bits per heavy atom. The predicted molar refractivity (Wildman–Crippen MR) is 68.6 cm³/mol. The van der Waals surface area contributed by atoms with Gasteiger partial charge in [-0.3, -0.25) is 9.97 Å². The molecular formula is C13H15N5. The summed E-state index contributed by atoms with van der Waals surface area (Å²) in [5.41, 5.74) is 2.87. The first-order chi connectivity index (χ1) is 8.54. The van der Waals surface area contributed by atoms with Crippen molar-refractivity contribution in [3.8, 4) is 0 Å². The molecule has 0 aromatic carbocycles. The van der Waals surface area contributed by atoms with E-state index in [0.717, 1.165) is 29.3 Å². The maximum absolute atomic E-state index is 4.64. The van der Waals surface area contributed by atoms with Crippen molar-refractivity contribution < 1.29 is 0 Å². The minimum absolute atomic E-state index is 0.0551. The molecule has 0 bridgehead atoms. The number of imidazole rings is 1. The van der Waals surface area contributed by atoms with Gasteiger partial charge < -0.3 is 0 Å². The van der Waals surface area contributed by atoms with Crippen LogP contribution in [0.5, 0.6) is 0 Å². The maximum Gasteiger partial charge on any atom is 0.136 e. The van der Waals surface area contributed by atoms with Gasteiger partial charge in [0.25, 0.3) is 0 Å². The highest BCUT2D eigenvalue weighted by Crippen LogP contribution is 2.24. The average Bonchev–Trinajstić information content (AvgIpc) is 2.86. The van der Waals surface area contributed by atoms with E-state index >= 15 is 0 Å². The topological polar surface area (TPSA) is 56.0 Å². The molecule has 3 rings (SSSR count). The Hall–Kier alpha value is -2.04. The second-order valence-electron chi connectivity index (χ2n) is 5.45. The Kier molecular flexibility index (Phi) is 2.29. The number of nitrogens with zero attached hydrogens (tertiary/aromatic N) is 5. The molecule has 0 aliphatic carbocycles. The van der Waals surface area contributed by atoms with Crippen molar-refractivity contribution in [3.63, 3.8) is 0 Å². The first kappa shape index (κ1) is 11.1. The Labute approximate surface area is 106 Å². The van der Waals surface area contributed by atoms with Gasteiger partial charge in [0.05, 0.1) is 30.2 Å². The average molecular weight is 241 g/mol. The molecule has 0 atom stereocenters. The predicted octanol–water partition coefficient (Wildman–Crippen LogP) is 1.78. The zero-order valence-electron chi connectivity index (χ0n) is 10.8. The van der Waals surface area contributed by atoms with Crippen molar-refractivity contribution >= 4 is 5.71 Å². The van der Waals surface area contributed by atoms with E-state index in [1.807, 2.05) is 10.9 Å². The SMILES string of the molecule is CC(C)(C)c1cn2c(n1)CC(c1cnccn1)=N2. The van der Waals surface area contributed by atoms with Gasteiger partial charge in [-0.2, -0.15) is 5.10 Å². The zero-order chi connectivity index (χ0) is 12.8. The maximum atomic E-state index is 4.64. The minimum atomic E-state index is 0.0551. The van der Waals surface area contributed by atoms with Gasteiger partial charge in [0.15, 0.2) is 0 Å². The molecule has 0 unspecified atom stereocenters. The molecule has 3 heterocycles. The van der Waals surface area contributed by atoms with Gasteiger partial charge in [-0.05, 0) is 0 Å². The second-order valence-corrected chi connectivity index (χ2v) is 5.45. The fraction of sp³-hybridized carbons (Fsp3) is 0.385. The molecule has 0 radical (unpaired) electrons. The summed E-state index contributed by atoms with van der Waals surface area (Å²) in [6, 6.07) is 0. The van der Waals surface area contributed by atoms with E-state index in [2.05, 4.69) is 40.8 Å². The summed E-state index contributed by atoms with van der Waals surface area (Å²) < 4.78 is 1.85. The van der Waals surface area contributed by atoms with Crippen molar-refractivity contribution in [2.45, 2.75) is 32.6 Å². The van der Waals surface area contributed by atoms with Crippen molar-refractivity contribution in [1.82, 2.24) is 19.6 Å². The molecule has 5 nitrogen and oxygen atoms in total. The Balaban J connectivity index is 1.94. The molecule has 2 aromatic rings.